The van der Waals surface area contributed by atoms with Gasteiger partial charge in [-0.05, 0) is 37.9 Å². The Labute approximate surface area is 97.8 Å². The van der Waals surface area contributed by atoms with Gasteiger partial charge >= 0.3 is 0 Å². The molecular weight excluding hydrogens is 308 g/mol. The first kappa shape index (κ1) is 9.63. The summed E-state index contributed by atoms with van der Waals surface area (Å²) in [5, 5.41) is 9.86. The number of nitriles is 1. The van der Waals surface area contributed by atoms with Crippen molar-refractivity contribution in [3.05, 3.63) is 38.9 Å². The van der Waals surface area contributed by atoms with Crippen LogP contribution < -0.4 is 0 Å². The lowest BCUT2D eigenvalue weighted by molar-refractivity contribution is 1.30. The Hall–Kier alpha value is -0.920. The van der Waals surface area contributed by atoms with Crippen molar-refractivity contribution in [1.29, 1.82) is 5.26 Å². The molecule has 68 valence electrons. The highest BCUT2D eigenvalue weighted by Gasteiger charge is 2.09. The molecule has 1 heterocycles. The van der Waals surface area contributed by atoms with Crippen molar-refractivity contribution in [2.45, 2.75) is 0 Å². The number of hydrogen-bond acceptors (Lipinski definition) is 2. The van der Waals surface area contributed by atoms with Gasteiger partial charge in [0.2, 0.25) is 0 Å². The van der Waals surface area contributed by atoms with Gasteiger partial charge in [-0.3, -0.25) is 0 Å². The van der Waals surface area contributed by atoms with Crippen molar-refractivity contribution >= 4 is 42.8 Å². The summed E-state index contributed by atoms with van der Waals surface area (Å²) in [7, 11) is 0. The van der Waals surface area contributed by atoms with Crippen LogP contribution in [0.25, 0.3) is 10.9 Å². The molecule has 2 rings (SSSR count). The van der Waals surface area contributed by atoms with Crippen LogP contribution in [-0.2, 0) is 0 Å². The number of benzene rings is 1. The van der Waals surface area contributed by atoms with Crippen LogP contribution in [0.2, 0.25) is 0 Å². The van der Waals surface area contributed by atoms with E-state index in [2.05, 4.69) is 42.9 Å². The second kappa shape index (κ2) is 3.68. The summed E-state index contributed by atoms with van der Waals surface area (Å²) in [6.45, 7) is 0. The highest BCUT2D eigenvalue weighted by molar-refractivity contribution is 9.11. The van der Waals surface area contributed by atoms with Gasteiger partial charge in [-0.25, -0.2) is 4.98 Å². The van der Waals surface area contributed by atoms with Crippen LogP contribution in [0, 0.1) is 11.3 Å². The maximum absolute atomic E-state index is 8.91. The number of pyridine rings is 1. The van der Waals surface area contributed by atoms with Crippen LogP contribution in [0.4, 0.5) is 0 Å². The van der Waals surface area contributed by atoms with Crippen molar-refractivity contribution in [2.75, 3.05) is 0 Å². The summed E-state index contributed by atoms with van der Waals surface area (Å²) >= 11 is 6.67. The van der Waals surface area contributed by atoms with Crippen molar-refractivity contribution in [1.82, 2.24) is 4.98 Å². The van der Waals surface area contributed by atoms with Gasteiger partial charge in [-0.2, -0.15) is 5.26 Å². The Balaban J connectivity index is 2.95. The molecule has 0 saturated carbocycles. The van der Waals surface area contributed by atoms with E-state index in [1.54, 1.807) is 0 Å². The third kappa shape index (κ3) is 1.43. The van der Waals surface area contributed by atoms with E-state index in [0.717, 1.165) is 15.4 Å². The molecule has 2 aromatic rings. The zero-order chi connectivity index (χ0) is 10.1. The van der Waals surface area contributed by atoms with Crippen LogP contribution >= 0.6 is 31.9 Å². The fraction of sp³-hybridized carbons (Fsp3) is 0. The standard InChI is InChI=1S/C10H4Br2N2/c11-9-6-3-1-2-4-8(6)14-10(12)7(9)5-13/h1-4H. The van der Waals surface area contributed by atoms with Crippen LogP contribution in [0.1, 0.15) is 5.56 Å². The molecule has 0 bridgehead atoms. The lowest BCUT2D eigenvalue weighted by Gasteiger charge is -2.03. The Morgan fingerprint density at radius 3 is 2.64 bits per heavy atom. The van der Waals surface area contributed by atoms with Crippen molar-refractivity contribution in [3.8, 4) is 6.07 Å². The molecule has 1 aromatic heterocycles. The van der Waals surface area contributed by atoms with Crippen molar-refractivity contribution in [2.24, 2.45) is 0 Å². The van der Waals surface area contributed by atoms with Gasteiger partial charge in [-0.15, -0.1) is 0 Å². The highest BCUT2D eigenvalue weighted by atomic mass is 79.9. The van der Waals surface area contributed by atoms with E-state index in [1.807, 2.05) is 24.3 Å². The average Bonchev–Trinajstić information content (AvgIpc) is 2.18. The predicted octanol–water partition coefficient (Wildman–Crippen LogP) is 3.63. The summed E-state index contributed by atoms with van der Waals surface area (Å²) < 4.78 is 1.36. The quantitative estimate of drug-likeness (QED) is 0.697. The molecule has 0 saturated heterocycles. The Morgan fingerprint density at radius 2 is 1.93 bits per heavy atom. The fourth-order valence-electron chi connectivity index (χ4n) is 1.24. The third-order valence-electron chi connectivity index (χ3n) is 1.90. The molecule has 0 spiro atoms. The van der Waals surface area contributed by atoms with Gasteiger partial charge in [0.05, 0.1) is 11.1 Å². The molecule has 0 radical (unpaired) electrons. The molecule has 0 amide bonds. The average molecular weight is 312 g/mol. The molecule has 4 heteroatoms. The largest absolute Gasteiger partial charge is 0.239 e. The van der Waals surface area contributed by atoms with E-state index in [0.29, 0.717) is 10.2 Å². The van der Waals surface area contributed by atoms with E-state index in [-0.39, 0.29) is 0 Å². The zero-order valence-electron chi connectivity index (χ0n) is 6.96. The first-order chi connectivity index (χ1) is 6.74. The molecule has 14 heavy (non-hydrogen) atoms. The molecule has 0 N–H and O–H groups in total. The number of halogens is 2. The summed E-state index contributed by atoms with van der Waals surface area (Å²) in [6, 6.07) is 9.78. The molecule has 0 aliphatic heterocycles. The third-order valence-corrected chi connectivity index (χ3v) is 3.29. The molecular formula is C10H4Br2N2. The summed E-state index contributed by atoms with van der Waals surface area (Å²) in [4.78, 5) is 4.27. The Bertz CT molecular complexity index is 544. The maximum Gasteiger partial charge on any atom is 0.125 e. The topological polar surface area (TPSA) is 36.7 Å². The second-order valence-electron chi connectivity index (χ2n) is 2.72. The van der Waals surface area contributed by atoms with Gasteiger partial charge in [-0.1, -0.05) is 18.2 Å². The highest BCUT2D eigenvalue weighted by Crippen LogP contribution is 2.30. The SMILES string of the molecule is N#Cc1c(Br)nc2ccccc2c1Br. The van der Waals surface area contributed by atoms with Gasteiger partial charge < -0.3 is 0 Å². The number of rotatable bonds is 0. The first-order valence-electron chi connectivity index (χ1n) is 3.88. The van der Waals surface area contributed by atoms with Crippen LogP contribution in [0.15, 0.2) is 33.3 Å². The van der Waals surface area contributed by atoms with Crippen LogP contribution in [-0.4, -0.2) is 4.98 Å². The van der Waals surface area contributed by atoms with E-state index in [9.17, 15) is 0 Å². The normalized spacial score (nSPS) is 10.1. The van der Waals surface area contributed by atoms with Gasteiger partial charge in [0.25, 0.3) is 0 Å². The van der Waals surface area contributed by atoms with Gasteiger partial charge in [0.1, 0.15) is 10.7 Å². The minimum absolute atomic E-state index is 0.531. The second-order valence-corrected chi connectivity index (χ2v) is 4.26. The number of fused-ring (bicyclic) bond motifs is 1. The molecule has 0 aliphatic rings. The zero-order valence-corrected chi connectivity index (χ0v) is 10.1. The number of hydrogen-bond donors (Lipinski definition) is 0. The minimum atomic E-state index is 0.531. The molecule has 2 nitrogen and oxygen atoms in total. The Kier molecular flexibility index (Phi) is 2.53. The van der Waals surface area contributed by atoms with Gasteiger partial charge in [0.15, 0.2) is 0 Å². The molecule has 0 fully saturated rings. The predicted molar refractivity (Wildman–Crippen MR) is 61.9 cm³/mol. The monoisotopic (exact) mass is 310 g/mol. The lowest BCUT2D eigenvalue weighted by Crippen LogP contribution is -1.88. The lowest BCUT2D eigenvalue weighted by atomic mass is 10.2. The minimum Gasteiger partial charge on any atom is -0.239 e. The number of aromatic nitrogens is 1. The fourth-order valence-corrected chi connectivity index (χ4v) is 2.59. The number of nitrogens with zero attached hydrogens (tertiary/aromatic N) is 2. The number of para-hydroxylation sites is 1. The van der Waals surface area contributed by atoms with Crippen LogP contribution in [0.3, 0.4) is 0 Å². The summed E-state index contributed by atoms with van der Waals surface area (Å²) in [5.41, 5.74) is 1.40. The summed E-state index contributed by atoms with van der Waals surface area (Å²) in [6.07, 6.45) is 0. The molecule has 0 unspecified atom stereocenters. The molecule has 0 aliphatic carbocycles. The van der Waals surface area contributed by atoms with E-state index < -0.39 is 0 Å². The van der Waals surface area contributed by atoms with E-state index in [4.69, 9.17) is 5.26 Å². The maximum atomic E-state index is 8.91. The summed E-state index contributed by atoms with van der Waals surface area (Å²) in [5.74, 6) is 0. The van der Waals surface area contributed by atoms with E-state index in [1.165, 1.54) is 0 Å². The smallest absolute Gasteiger partial charge is 0.125 e. The Morgan fingerprint density at radius 1 is 1.21 bits per heavy atom. The van der Waals surface area contributed by atoms with Gasteiger partial charge in [0, 0.05) is 9.86 Å². The molecule has 1 aromatic carbocycles. The molecule has 0 atom stereocenters. The van der Waals surface area contributed by atoms with E-state index >= 15 is 0 Å². The van der Waals surface area contributed by atoms with Crippen molar-refractivity contribution < 1.29 is 0 Å². The first-order valence-corrected chi connectivity index (χ1v) is 5.46. The van der Waals surface area contributed by atoms with Crippen molar-refractivity contribution in [3.63, 3.8) is 0 Å². The van der Waals surface area contributed by atoms with Crippen LogP contribution in [0.5, 0.6) is 0 Å².